The smallest absolute Gasteiger partial charge is 0.246 e. The van der Waals surface area contributed by atoms with Crippen molar-refractivity contribution in [3.8, 4) is 17.2 Å². The molecule has 11 heteroatoms. The molecule has 0 radical (unpaired) electrons. The lowest BCUT2D eigenvalue weighted by atomic mass is 10.2. The maximum absolute atomic E-state index is 12.8. The molecule has 10 nitrogen and oxygen atoms in total. The molecule has 0 aliphatic carbocycles. The zero-order valence-corrected chi connectivity index (χ0v) is 21.5. The van der Waals surface area contributed by atoms with E-state index in [2.05, 4.69) is 10.4 Å². The van der Waals surface area contributed by atoms with Crippen LogP contribution in [0.4, 0.5) is 5.69 Å². The second-order valence-electron chi connectivity index (χ2n) is 7.04. The number of hydrogen-bond acceptors (Lipinski definition) is 6. The molecule has 3 rings (SSSR count). The molecule has 1 aliphatic heterocycles. The zero-order chi connectivity index (χ0) is 22.4. The first-order valence-electron chi connectivity index (χ1n) is 10.1. The Morgan fingerprint density at radius 3 is 2.34 bits per heavy atom. The minimum absolute atomic E-state index is 0. The van der Waals surface area contributed by atoms with Crippen molar-refractivity contribution >= 4 is 41.5 Å². The Hall–Kier alpha value is -2.70. The largest absolute Gasteiger partial charge is 0.493 e. The van der Waals surface area contributed by atoms with Crippen molar-refractivity contribution < 1.29 is 19.0 Å². The molecule has 1 amide bonds. The normalized spacial score (nSPS) is 14.2. The fraction of sp³-hybridized carbons (Fsp3) is 0.476. The Balaban J connectivity index is 0.00000363. The first-order valence-corrected chi connectivity index (χ1v) is 10.1. The Labute approximate surface area is 205 Å². The van der Waals surface area contributed by atoms with Crippen LogP contribution in [0.1, 0.15) is 12.5 Å². The van der Waals surface area contributed by atoms with E-state index in [0.29, 0.717) is 49.4 Å². The lowest BCUT2D eigenvalue weighted by Gasteiger charge is -2.35. The van der Waals surface area contributed by atoms with Gasteiger partial charge >= 0.3 is 0 Å². The van der Waals surface area contributed by atoms with Crippen LogP contribution < -0.4 is 24.4 Å². The van der Waals surface area contributed by atoms with E-state index in [4.69, 9.17) is 19.2 Å². The van der Waals surface area contributed by atoms with Gasteiger partial charge in [-0.2, -0.15) is 5.10 Å². The first kappa shape index (κ1) is 25.6. The van der Waals surface area contributed by atoms with Gasteiger partial charge in [-0.15, -0.1) is 24.0 Å². The van der Waals surface area contributed by atoms with E-state index in [1.54, 1.807) is 37.1 Å². The van der Waals surface area contributed by atoms with Gasteiger partial charge in [-0.1, -0.05) is 0 Å². The maximum atomic E-state index is 12.8. The summed E-state index contributed by atoms with van der Waals surface area (Å²) in [4.78, 5) is 21.2. The molecule has 0 atom stereocenters. The lowest BCUT2D eigenvalue weighted by molar-refractivity contribution is -0.120. The summed E-state index contributed by atoms with van der Waals surface area (Å²) < 4.78 is 17.9. The second-order valence-corrected chi connectivity index (χ2v) is 7.04. The number of guanidine groups is 1. The van der Waals surface area contributed by atoms with Crippen molar-refractivity contribution in [3.05, 3.63) is 30.1 Å². The van der Waals surface area contributed by atoms with Crippen LogP contribution in [-0.2, 0) is 18.4 Å². The van der Waals surface area contributed by atoms with E-state index in [1.165, 1.54) is 0 Å². The topological polar surface area (TPSA) is 93.5 Å². The van der Waals surface area contributed by atoms with Crippen molar-refractivity contribution in [2.75, 3.05) is 52.4 Å². The van der Waals surface area contributed by atoms with Gasteiger partial charge in [-0.05, 0) is 24.6 Å². The molecule has 0 spiro atoms. The van der Waals surface area contributed by atoms with Crippen molar-refractivity contribution in [2.24, 2.45) is 12.0 Å². The Morgan fingerprint density at radius 1 is 1.16 bits per heavy atom. The summed E-state index contributed by atoms with van der Waals surface area (Å²) in [6, 6.07) is 3.75. The molecule has 176 valence electrons. The number of anilines is 1. The number of aromatic nitrogens is 2. The molecule has 1 aromatic heterocycles. The van der Waals surface area contributed by atoms with Crippen LogP contribution in [0, 0.1) is 0 Å². The predicted octanol–water partition coefficient (Wildman–Crippen LogP) is 1.88. The van der Waals surface area contributed by atoms with Gasteiger partial charge < -0.3 is 29.3 Å². The zero-order valence-electron chi connectivity index (χ0n) is 19.1. The average molecular weight is 558 g/mol. The highest BCUT2D eigenvalue weighted by Crippen LogP contribution is 2.38. The number of benzene rings is 1. The molecule has 32 heavy (non-hydrogen) atoms. The maximum Gasteiger partial charge on any atom is 0.246 e. The number of aryl methyl sites for hydroxylation is 1. The molecule has 0 bridgehead atoms. The molecule has 2 heterocycles. The summed E-state index contributed by atoms with van der Waals surface area (Å²) in [6.07, 6.45) is 3.55. The standard InChI is InChI=1S/C21H30N6O4.HI/c1-6-22-21(23-11-15-9-17(29-3)20(31-5)18(10-15)30-4)26-7-8-27(19(28)14-26)16-12-24-25(2)13-16;/h9-10,12-13H,6-8,11,14H2,1-5H3,(H,22,23);1H. The number of amides is 1. The Bertz CT molecular complexity index is 923. The quantitative estimate of drug-likeness (QED) is 0.315. The molecular formula is C21H31IN6O4. The average Bonchev–Trinajstić information content (AvgIpc) is 3.21. The SMILES string of the molecule is CCNC(=NCc1cc(OC)c(OC)c(OC)c1)N1CCN(c2cnn(C)c2)C(=O)C1.I. The number of halogens is 1. The number of carbonyl (C=O) groups excluding carboxylic acids is 1. The van der Waals surface area contributed by atoms with E-state index in [1.807, 2.05) is 37.2 Å². The summed E-state index contributed by atoms with van der Waals surface area (Å²) in [5, 5.41) is 7.44. The highest BCUT2D eigenvalue weighted by Gasteiger charge is 2.27. The third-order valence-electron chi connectivity index (χ3n) is 4.99. The van der Waals surface area contributed by atoms with Gasteiger partial charge in [0.2, 0.25) is 11.7 Å². The molecule has 2 aromatic rings. The van der Waals surface area contributed by atoms with Crippen molar-refractivity contribution in [1.82, 2.24) is 20.0 Å². The summed E-state index contributed by atoms with van der Waals surface area (Å²) in [6.45, 7) is 4.58. The predicted molar refractivity (Wildman–Crippen MR) is 133 cm³/mol. The molecule has 1 N–H and O–H groups in total. The van der Waals surface area contributed by atoms with Crippen LogP contribution >= 0.6 is 24.0 Å². The summed E-state index contributed by atoms with van der Waals surface area (Å²) in [7, 11) is 6.58. The molecule has 1 aromatic carbocycles. The van der Waals surface area contributed by atoms with Crippen molar-refractivity contribution in [2.45, 2.75) is 13.5 Å². The van der Waals surface area contributed by atoms with Crippen molar-refractivity contribution in [1.29, 1.82) is 0 Å². The molecular weight excluding hydrogens is 527 g/mol. The van der Waals surface area contributed by atoms with Crippen molar-refractivity contribution in [3.63, 3.8) is 0 Å². The second kappa shape index (κ2) is 11.8. The van der Waals surface area contributed by atoms with Gasteiger partial charge in [0.05, 0.1) is 39.8 Å². The number of ether oxygens (including phenoxy) is 3. The molecule has 1 fully saturated rings. The summed E-state index contributed by atoms with van der Waals surface area (Å²) in [5.74, 6) is 2.41. The number of carbonyl (C=O) groups is 1. The van der Waals surface area contributed by atoms with Gasteiger partial charge in [-0.25, -0.2) is 4.99 Å². The lowest BCUT2D eigenvalue weighted by Crippen LogP contribution is -2.55. The molecule has 1 saturated heterocycles. The number of rotatable bonds is 7. The van der Waals surface area contributed by atoms with Gasteiger partial charge in [-0.3, -0.25) is 9.48 Å². The highest BCUT2D eigenvalue weighted by atomic mass is 127. The van der Waals surface area contributed by atoms with Crippen LogP contribution in [0.5, 0.6) is 17.2 Å². The fourth-order valence-electron chi connectivity index (χ4n) is 3.49. The minimum Gasteiger partial charge on any atom is -0.493 e. The van der Waals surface area contributed by atoms with E-state index in [9.17, 15) is 4.79 Å². The van der Waals surface area contributed by atoms with Crippen LogP contribution in [-0.4, -0.2) is 74.1 Å². The van der Waals surface area contributed by atoms with Gasteiger partial charge in [0.15, 0.2) is 17.5 Å². The Morgan fingerprint density at radius 2 is 1.84 bits per heavy atom. The van der Waals surface area contributed by atoms with Crippen LogP contribution in [0.15, 0.2) is 29.5 Å². The molecule has 0 saturated carbocycles. The number of methoxy groups -OCH3 is 3. The summed E-state index contributed by atoms with van der Waals surface area (Å²) in [5.41, 5.74) is 1.72. The molecule has 1 aliphatic rings. The number of nitrogens with zero attached hydrogens (tertiary/aromatic N) is 5. The summed E-state index contributed by atoms with van der Waals surface area (Å²) >= 11 is 0. The number of nitrogens with one attached hydrogen (secondary N) is 1. The van der Waals surface area contributed by atoms with Crippen LogP contribution in [0.3, 0.4) is 0 Å². The van der Waals surface area contributed by atoms with E-state index in [0.717, 1.165) is 11.3 Å². The number of piperazine rings is 1. The fourth-order valence-corrected chi connectivity index (χ4v) is 3.49. The Kier molecular flexibility index (Phi) is 9.42. The van der Waals surface area contributed by atoms with E-state index < -0.39 is 0 Å². The van der Waals surface area contributed by atoms with Gasteiger partial charge in [0, 0.05) is 32.9 Å². The van der Waals surface area contributed by atoms with Crippen LogP contribution in [0.25, 0.3) is 0 Å². The third-order valence-corrected chi connectivity index (χ3v) is 4.99. The number of aliphatic imine (C=N–C) groups is 1. The highest BCUT2D eigenvalue weighted by molar-refractivity contribution is 14.0. The first-order chi connectivity index (χ1) is 15.0. The van der Waals surface area contributed by atoms with Gasteiger partial charge in [0.25, 0.3) is 0 Å². The third kappa shape index (κ3) is 5.75. The monoisotopic (exact) mass is 558 g/mol. The minimum atomic E-state index is 0. The van der Waals surface area contributed by atoms with E-state index in [-0.39, 0.29) is 36.4 Å². The number of hydrogen-bond donors (Lipinski definition) is 1. The van der Waals surface area contributed by atoms with Gasteiger partial charge in [0.1, 0.15) is 6.54 Å². The van der Waals surface area contributed by atoms with E-state index >= 15 is 0 Å². The molecule has 0 unspecified atom stereocenters. The van der Waals surface area contributed by atoms with Crippen LogP contribution in [0.2, 0.25) is 0 Å².